The zero-order valence-electron chi connectivity index (χ0n) is 29.6. The highest BCUT2D eigenvalue weighted by Crippen LogP contribution is 2.64. The first-order valence-electron chi connectivity index (χ1n) is 17.1. The van der Waals surface area contributed by atoms with E-state index in [1.807, 2.05) is 18.3 Å². The summed E-state index contributed by atoms with van der Waals surface area (Å²) in [7, 11) is -4.27. The Morgan fingerprint density at radius 2 is 1.79 bits per heavy atom. The van der Waals surface area contributed by atoms with Crippen molar-refractivity contribution in [2.75, 3.05) is 16.8 Å². The lowest BCUT2D eigenvalue weighted by atomic mass is 9.89. The quantitative estimate of drug-likeness (QED) is 0.300. The van der Waals surface area contributed by atoms with Gasteiger partial charge in [0.05, 0.1) is 11.3 Å². The van der Waals surface area contributed by atoms with Gasteiger partial charge in [0.25, 0.3) is 15.9 Å². The molecule has 10 heteroatoms. The number of aromatic nitrogens is 3. The van der Waals surface area contributed by atoms with E-state index in [1.54, 1.807) is 18.2 Å². The number of carbonyl (C=O) groups excluding carboxylic acids is 1. The summed E-state index contributed by atoms with van der Waals surface area (Å²) in [5.41, 5.74) is 2.99. The second-order valence-electron chi connectivity index (χ2n) is 16.9. The second kappa shape index (κ2) is 12.0. The van der Waals surface area contributed by atoms with Crippen molar-refractivity contribution in [3.63, 3.8) is 0 Å². The van der Waals surface area contributed by atoms with Gasteiger partial charge in [0.15, 0.2) is 5.03 Å². The Hall–Kier alpha value is -3.79. The molecule has 2 N–H and O–H groups in total. The van der Waals surface area contributed by atoms with Crippen molar-refractivity contribution >= 4 is 33.6 Å². The fourth-order valence-electron chi connectivity index (χ4n) is 7.30. The fraction of sp³-hybridized carbons (Fsp3) is 0.526. The van der Waals surface area contributed by atoms with E-state index in [2.05, 4.69) is 93.5 Å². The zero-order chi connectivity index (χ0) is 34.7. The van der Waals surface area contributed by atoms with Crippen LogP contribution in [0.15, 0.2) is 59.8 Å². The average molecular weight is 671 g/mol. The minimum atomic E-state index is -4.27. The predicted molar refractivity (Wildman–Crippen MR) is 191 cm³/mol. The molecular formula is C38H50N6O3S. The van der Waals surface area contributed by atoms with Gasteiger partial charge in [-0.05, 0) is 105 Å². The van der Waals surface area contributed by atoms with Gasteiger partial charge in [-0.3, -0.25) is 9.78 Å². The molecule has 1 spiro atoms. The van der Waals surface area contributed by atoms with Crippen LogP contribution in [0.5, 0.6) is 0 Å². The van der Waals surface area contributed by atoms with Crippen molar-refractivity contribution < 1.29 is 13.2 Å². The summed E-state index contributed by atoms with van der Waals surface area (Å²) in [5, 5.41) is 3.28. The third-order valence-corrected chi connectivity index (χ3v) is 11.3. The molecule has 1 saturated heterocycles. The monoisotopic (exact) mass is 670 g/mol. The van der Waals surface area contributed by atoms with Crippen LogP contribution in [0.1, 0.15) is 108 Å². The van der Waals surface area contributed by atoms with Gasteiger partial charge < -0.3 is 10.2 Å². The van der Waals surface area contributed by atoms with E-state index in [1.165, 1.54) is 11.6 Å². The van der Waals surface area contributed by atoms with Gasteiger partial charge in [0.2, 0.25) is 0 Å². The van der Waals surface area contributed by atoms with Crippen molar-refractivity contribution in [1.82, 2.24) is 19.7 Å². The largest absolute Gasteiger partial charge is 0.364 e. The minimum absolute atomic E-state index is 0.0684. The Balaban J connectivity index is 1.36. The van der Waals surface area contributed by atoms with Gasteiger partial charge in [-0.2, -0.15) is 8.42 Å². The molecule has 3 aliphatic rings. The molecule has 3 atom stereocenters. The molecule has 4 bridgehead atoms. The Labute approximate surface area is 286 Å². The number of hydrogen-bond acceptors (Lipinski definition) is 8. The van der Waals surface area contributed by atoms with E-state index in [4.69, 9.17) is 9.97 Å². The Morgan fingerprint density at radius 1 is 1.02 bits per heavy atom. The summed E-state index contributed by atoms with van der Waals surface area (Å²) in [6, 6.07) is 12.4. The first-order valence-corrected chi connectivity index (χ1v) is 18.6. The van der Waals surface area contributed by atoms with Gasteiger partial charge in [-0.25, -0.2) is 14.7 Å². The van der Waals surface area contributed by atoms with Crippen LogP contribution < -0.4 is 14.9 Å². The molecule has 0 radical (unpaired) electrons. The highest BCUT2D eigenvalue weighted by molar-refractivity contribution is 7.90. The lowest BCUT2D eigenvalue weighted by molar-refractivity contribution is 0.0981. The van der Waals surface area contributed by atoms with Crippen LogP contribution in [0.25, 0.3) is 6.08 Å². The molecule has 5 heterocycles. The van der Waals surface area contributed by atoms with Crippen molar-refractivity contribution in [3.8, 4) is 0 Å². The molecule has 1 saturated carbocycles. The molecule has 256 valence electrons. The SMILES string of the molecule is CC(C)(C)CCc1ccc(/C=C/C2CC3CC34CN(c3nc(C(C)(C)C)ccc3C(=O)NS(=O)(=O)c3cccc(n3)N2)C(C)(C)C4)nc1. The molecule has 48 heavy (non-hydrogen) atoms. The summed E-state index contributed by atoms with van der Waals surface area (Å²) in [4.78, 5) is 30.2. The molecule has 6 rings (SSSR count). The number of aryl methyl sites for hydroxylation is 1. The third kappa shape index (κ3) is 7.28. The average Bonchev–Trinajstić information content (AvgIpc) is 3.56. The topological polar surface area (TPSA) is 117 Å². The van der Waals surface area contributed by atoms with Crippen LogP contribution in [-0.4, -0.2) is 47.4 Å². The van der Waals surface area contributed by atoms with Gasteiger partial charge in [-0.15, -0.1) is 0 Å². The molecule has 9 nitrogen and oxygen atoms in total. The fourth-order valence-corrected chi connectivity index (χ4v) is 8.24. The van der Waals surface area contributed by atoms with E-state index in [0.717, 1.165) is 50.0 Å². The summed E-state index contributed by atoms with van der Waals surface area (Å²) in [6.45, 7) is 18.2. The summed E-state index contributed by atoms with van der Waals surface area (Å²) < 4.78 is 29.4. The van der Waals surface area contributed by atoms with Crippen LogP contribution in [-0.2, 0) is 21.9 Å². The Morgan fingerprint density at radius 3 is 2.48 bits per heavy atom. The summed E-state index contributed by atoms with van der Waals surface area (Å²) in [5.74, 6) is 0.678. The van der Waals surface area contributed by atoms with Crippen LogP contribution >= 0.6 is 0 Å². The molecule has 2 fully saturated rings. The first kappa shape index (κ1) is 34.1. The standard InChI is InChI=1S/C38H50N6O3S/c1-35(2,3)19-18-25-12-13-27(39-22-25)14-15-28-20-26-21-38(26)23-37(7,8)44(24-38)33-29(16-17-30(41-33)36(4,5)6)34(45)43-48(46,47)32-11-9-10-31(40-28)42-32/h9-17,22,26,28H,18-21,23-24H2,1-8H3,(H,40,42)(H,43,45)/b15-14+. The molecule has 3 unspecified atom stereocenters. The van der Waals surface area contributed by atoms with Crippen LogP contribution in [0.3, 0.4) is 0 Å². The number of amides is 1. The maximum absolute atomic E-state index is 13.7. The Bertz CT molecular complexity index is 1840. The Kier molecular flexibility index (Phi) is 8.50. The van der Waals surface area contributed by atoms with Crippen LogP contribution in [0, 0.1) is 16.7 Å². The lowest BCUT2D eigenvalue weighted by Gasteiger charge is -2.34. The number of carbonyl (C=O) groups is 1. The number of pyridine rings is 3. The number of nitrogens with zero attached hydrogens (tertiary/aromatic N) is 4. The van der Waals surface area contributed by atoms with E-state index in [9.17, 15) is 13.2 Å². The number of hydrogen-bond donors (Lipinski definition) is 2. The van der Waals surface area contributed by atoms with Crippen LogP contribution in [0.4, 0.5) is 11.6 Å². The number of sulfonamides is 1. The lowest BCUT2D eigenvalue weighted by Crippen LogP contribution is -2.41. The van der Waals surface area contributed by atoms with E-state index in [-0.39, 0.29) is 38.4 Å². The molecule has 1 amide bonds. The number of anilines is 2. The highest BCUT2D eigenvalue weighted by Gasteiger charge is 2.62. The number of fused-ring (bicyclic) bond motifs is 5. The van der Waals surface area contributed by atoms with Crippen molar-refractivity contribution in [2.24, 2.45) is 16.7 Å². The minimum Gasteiger partial charge on any atom is -0.364 e. The van der Waals surface area contributed by atoms with Gasteiger partial charge in [-0.1, -0.05) is 59.8 Å². The molecule has 1 aliphatic carbocycles. The third-order valence-electron chi connectivity index (χ3n) is 10.1. The second-order valence-corrected chi connectivity index (χ2v) is 18.6. The molecule has 2 aliphatic heterocycles. The van der Waals surface area contributed by atoms with Crippen molar-refractivity contribution in [3.05, 3.63) is 77.3 Å². The van der Waals surface area contributed by atoms with E-state index < -0.39 is 15.9 Å². The normalized spacial score (nSPS) is 24.9. The predicted octanol–water partition coefficient (Wildman–Crippen LogP) is 7.16. The molecule has 3 aromatic heterocycles. The van der Waals surface area contributed by atoms with Gasteiger partial charge in [0, 0.05) is 35.4 Å². The van der Waals surface area contributed by atoms with E-state index in [0.29, 0.717) is 17.6 Å². The van der Waals surface area contributed by atoms with Crippen molar-refractivity contribution in [2.45, 2.75) is 110 Å². The van der Waals surface area contributed by atoms with Crippen LogP contribution in [0.2, 0.25) is 0 Å². The van der Waals surface area contributed by atoms with Gasteiger partial charge >= 0.3 is 0 Å². The summed E-state index contributed by atoms with van der Waals surface area (Å²) in [6.07, 6.45) is 11.1. The molecule has 0 aromatic carbocycles. The van der Waals surface area contributed by atoms with Gasteiger partial charge in [0.1, 0.15) is 11.6 Å². The maximum Gasteiger partial charge on any atom is 0.281 e. The first-order chi connectivity index (χ1) is 22.3. The number of rotatable bonds is 4. The maximum atomic E-state index is 13.7. The smallest absolute Gasteiger partial charge is 0.281 e. The molecular weight excluding hydrogens is 621 g/mol. The highest BCUT2D eigenvalue weighted by atomic mass is 32.2. The zero-order valence-corrected chi connectivity index (χ0v) is 30.4. The van der Waals surface area contributed by atoms with Crippen molar-refractivity contribution in [1.29, 1.82) is 0 Å². The summed E-state index contributed by atoms with van der Waals surface area (Å²) >= 11 is 0. The molecule has 3 aromatic rings. The van der Waals surface area contributed by atoms with E-state index >= 15 is 0 Å². The number of nitrogens with one attached hydrogen (secondary N) is 2.